The van der Waals surface area contributed by atoms with Gasteiger partial charge in [-0.3, -0.25) is 19.8 Å². The molecule has 5 nitrogen and oxygen atoms in total. The Kier molecular flexibility index (Phi) is 7.05. The lowest BCUT2D eigenvalue weighted by molar-refractivity contribution is -0.122. The molecule has 3 aromatic rings. The van der Waals surface area contributed by atoms with Gasteiger partial charge < -0.3 is 4.74 Å². The highest BCUT2D eigenvalue weighted by molar-refractivity contribution is 7.80. The average molecular weight is 495 g/mol. The number of rotatable bonds is 6. The molecule has 2 amide bonds. The summed E-state index contributed by atoms with van der Waals surface area (Å²) in [5, 5.41) is 2.95. The van der Waals surface area contributed by atoms with Gasteiger partial charge in [-0.15, -0.1) is 0 Å². The number of ether oxygens (including phenoxy) is 1. The van der Waals surface area contributed by atoms with Crippen molar-refractivity contribution in [3.63, 3.8) is 0 Å². The van der Waals surface area contributed by atoms with Gasteiger partial charge in [-0.05, 0) is 72.7 Å². The highest BCUT2D eigenvalue weighted by Crippen LogP contribution is 2.33. The van der Waals surface area contributed by atoms with Crippen molar-refractivity contribution in [1.29, 1.82) is 0 Å². The van der Waals surface area contributed by atoms with Crippen LogP contribution < -0.4 is 15.0 Å². The molecule has 0 radical (unpaired) electrons. The van der Waals surface area contributed by atoms with Crippen molar-refractivity contribution in [1.82, 2.24) is 5.32 Å². The second-order valence-electron chi connectivity index (χ2n) is 7.51. The third-order valence-electron chi connectivity index (χ3n) is 5.17. The molecule has 0 unspecified atom stereocenters. The number of benzene rings is 3. The Balaban J connectivity index is 1.72. The normalized spacial score (nSPS) is 15.0. The maximum atomic E-state index is 13.6. The van der Waals surface area contributed by atoms with Crippen molar-refractivity contribution < 1.29 is 18.7 Å². The highest BCUT2D eigenvalue weighted by Gasteiger charge is 2.34. The molecule has 0 aliphatic carbocycles. The molecular formula is C26H20ClFN2O3S. The van der Waals surface area contributed by atoms with Gasteiger partial charge in [0, 0.05) is 17.0 Å². The summed E-state index contributed by atoms with van der Waals surface area (Å²) in [5.41, 5.74) is 2.39. The van der Waals surface area contributed by atoms with Crippen LogP contribution in [0, 0.1) is 5.82 Å². The molecule has 0 aromatic heterocycles. The van der Waals surface area contributed by atoms with Crippen LogP contribution in [0.15, 0.2) is 72.3 Å². The number of anilines is 1. The molecule has 1 aliphatic rings. The Labute approximate surface area is 206 Å². The maximum absolute atomic E-state index is 13.6. The Morgan fingerprint density at radius 2 is 1.85 bits per heavy atom. The topological polar surface area (TPSA) is 58.6 Å². The second kappa shape index (κ2) is 10.2. The zero-order valence-electron chi connectivity index (χ0n) is 18.2. The quantitative estimate of drug-likeness (QED) is 0.287. The van der Waals surface area contributed by atoms with Gasteiger partial charge in [0.25, 0.3) is 11.8 Å². The van der Waals surface area contributed by atoms with Crippen molar-refractivity contribution in [2.75, 3.05) is 11.5 Å². The molecule has 1 saturated heterocycles. The first kappa shape index (κ1) is 23.6. The van der Waals surface area contributed by atoms with Crippen molar-refractivity contribution in [3.8, 4) is 5.75 Å². The first-order chi connectivity index (χ1) is 16.4. The van der Waals surface area contributed by atoms with Gasteiger partial charge in [0.05, 0.1) is 12.3 Å². The minimum absolute atomic E-state index is 0.0110. The summed E-state index contributed by atoms with van der Waals surface area (Å²) in [6.45, 7) is 2.21. The van der Waals surface area contributed by atoms with E-state index in [1.54, 1.807) is 48.5 Å². The van der Waals surface area contributed by atoms with Gasteiger partial charge in [-0.25, -0.2) is 4.39 Å². The zero-order valence-corrected chi connectivity index (χ0v) is 19.8. The van der Waals surface area contributed by atoms with Crippen LogP contribution in [0.25, 0.3) is 6.08 Å². The van der Waals surface area contributed by atoms with E-state index in [0.29, 0.717) is 40.6 Å². The van der Waals surface area contributed by atoms with E-state index in [-0.39, 0.29) is 16.5 Å². The van der Waals surface area contributed by atoms with E-state index < -0.39 is 11.8 Å². The number of para-hydroxylation sites is 1. The SMILES string of the molecule is CCOc1cc(/C=C2/C(=O)NC(=S)N(c3ccccc3)C2=O)cc(Cl)c1Cc1cccc(F)c1. The third-order valence-corrected chi connectivity index (χ3v) is 5.80. The van der Waals surface area contributed by atoms with Crippen molar-refractivity contribution >= 4 is 52.5 Å². The molecule has 3 aromatic carbocycles. The van der Waals surface area contributed by atoms with Crippen LogP contribution in [0.5, 0.6) is 5.75 Å². The number of carbonyl (C=O) groups is 2. The van der Waals surface area contributed by atoms with Crippen LogP contribution in [0.3, 0.4) is 0 Å². The van der Waals surface area contributed by atoms with Crippen molar-refractivity contribution in [2.24, 2.45) is 0 Å². The van der Waals surface area contributed by atoms with E-state index >= 15 is 0 Å². The van der Waals surface area contributed by atoms with E-state index in [1.807, 2.05) is 13.0 Å². The summed E-state index contributed by atoms with van der Waals surface area (Å²) < 4.78 is 19.4. The minimum Gasteiger partial charge on any atom is -0.494 e. The lowest BCUT2D eigenvalue weighted by Gasteiger charge is -2.28. The predicted molar refractivity (Wildman–Crippen MR) is 134 cm³/mol. The summed E-state index contributed by atoms with van der Waals surface area (Å²) in [5.74, 6) is -0.987. The fraction of sp³-hybridized carbons (Fsp3) is 0.115. The molecule has 1 N–H and O–H groups in total. The maximum Gasteiger partial charge on any atom is 0.270 e. The van der Waals surface area contributed by atoms with Crippen LogP contribution in [0.1, 0.15) is 23.6 Å². The lowest BCUT2D eigenvalue weighted by Crippen LogP contribution is -2.54. The Morgan fingerprint density at radius 3 is 2.56 bits per heavy atom. The summed E-state index contributed by atoms with van der Waals surface area (Å²) in [6.07, 6.45) is 1.81. The minimum atomic E-state index is -0.597. The third kappa shape index (κ3) is 5.00. The van der Waals surface area contributed by atoms with E-state index in [9.17, 15) is 14.0 Å². The van der Waals surface area contributed by atoms with Gasteiger partial charge in [0.2, 0.25) is 0 Å². The molecule has 0 saturated carbocycles. The number of hydrogen-bond donors (Lipinski definition) is 1. The van der Waals surface area contributed by atoms with Crippen LogP contribution >= 0.6 is 23.8 Å². The van der Waals surface area contributed by atoms with Gasteiger partial charge in [0.1, 0.15) is 17.1 Å². The molecule has 1 heterocycles. The van der Waals surface area contributed by atoms with E-state index in [4.69, 9.17) is 28.6 Å². The predicted octanol–water partition coefficient (Wildman–Crippen LogP) is 5.30. The number of halogens is 2. The van der Waals surface area contributed by atoms with Gasteiger partial charge in [-0.2, -0.15) is 0 Å². The summed E-state index contributed by atoms with van der Waals surface area (Å²) in [4.78, 5) is 27.1. The summed E-state index contributed by atoms with van der Waals surface area (Å²) in [7, 11) is 0. The summed E-state index contributed by atoms with van der Waals surface area (Å²) in [6, 6.07) is 18.4. The number of nitrogens with zero attached hydrogens (tertiary/aromatic N) is 1. The molecule has 4 rings (SSSR count). The average Bonchev–Trinajstić information content (AvgIpc) is 2.80. The molecule has 34 heavy (non-hydrogen) atoms. The molecule has 1 aliphatic heterocycles. The number of thiocarbonyl (C=S) groups is 1. The van der Waals surface area contributed by atoms with Gasteiger partial charge in [0.15, 0.2) is 5.11 Å². The molecule has 0 bridgehead atoms. The first-order valence-corrected chi connectivity index (χ1v) is 11.3. The highest BCUT2D eigenvalue weighted by atomic mass is 35.5. The fourth-order valence-corrected chi connectivity index (χ4v) is 4.22. The number of hydrogen-bond acceptors (Lipinski definition) is 4. The lowest BCUT2D eigenvalue weighted by atomic mass is 10.00. The zero-order chi connectivity index (χ0) is 24.2. The Bertz CT molecular complexity index is 1310. The Morgan fingerprint density at radius 1 is 1.09 bits per heavy atom. The van der Waals surface area contributed by atoms with Gasteiger partial charge >= 0.3 is 0 Å². The van der Waals surface area contributed by atoms with Crippen molar-refractivity contribution in [3.05, 3.63) is 99.8 Å². The first-order valence-electron chi connectivity index (χ1n) is 10.5. The van der Waals surface area contributed by atoms with Crippen LogP contribution in [-0.4, -0.2) is 23.5 Å². The number of nitrogens with one attached hydrogen (secondary N) is 1. The largest absolute Gasteiger partial charge is 0.494 e. The van der Waals surface area contributed by atoms with Crippen LogP contribution in [0.2, 0.25) is 5.02 Å². The number of carbonyl (C=O) groups excluding carboxylic acids is 2. The van der Waals surface area contributed by atoms with E-state index in [2.05, 4.69) is 5.32 Å². The van der Waals surface area contributed by atoms with E-state index in [0.717, 1.165) is 5.56 Å². The smallest absolute Gasteiger partial charge is 0.270 e. The van der Waals surface area contributed by atoms with Gasteiger partial charge in [-0.1, -0.05) is 41.9 Å². The monoisotopic (exact) mass is 494 g/mol. The Hall–Kier alpha value is -3.55. The fourth-order valence-electron chi connectivity index (χ4n) is 3.66. The molecule has 0 spiro atoms. The molecule has 1 fully saturated rings. The summed E-state index contributed by atoms with van der Waals surface area (Å²) >= 11 is 11.8. The molecular weight excluding hydrogens is 475 g/mol. The second-order valence-corrected chi connectivity index (χ2v) is 8.31. The van der Waals surface area contributed by atoms with E-state index in [1.165, 1.54) is 23.1 Å². The van der Waals surface area contributed by atoms with Crippen LogP contribution in [0.4, 0.5) is 10.1 Å². The van der Waals surface area contributed by atoms with Crippen LogP contribution in [-0.2, 0) is 16.0 Å². The standard InChI is InChI=1S/C26H20ClFN2O3S/c1-2-33-23-15-17(14-22(27)20(23)12-16-7-6-8-18(28)11-16)13-21-24(31)29-26(34)30(25(21)32)19-9-4-3-5-10-19/h3-11,13-15H,2,12H2,1H3,(H,29,31,34)/b21-13-. The molecule has 0 atom stereocenters. The van der Waals surface area contributed by atoms with Crippen molar-refractivity contribution in [2.45, 2.75) is 13.3 Å². The molecule has 172 valence electrons. The number of amides is 2. The molecule has 8 heteroatoms.